The molecule has 0 amide bonds. The van der Waals surface area contributed by atoms with E-state index in [1.807, 2.05) is 71.3 Å². The predicted molar refractivity (Wildman–Crippen MR) is 147 cm³/mol. The second-order valence-corrected chi connectivity index (χ2v) is 12.3. The van der Waals surface area contributed by atoms with Gasteiger partial charge in [0.1, 0.15) is 0 Å². The van der Waals surface area contributed by atoms with Gasteiger partial charge in [0.15, 0.2) is 0 Å². The first-order valence-corrected chi connectivity index (χ1v) is 13.5. The molecule has 0 heterocycles. The zero-order valence-corrected chi connectivity index (χ0v) is 23.7. The van der Waals surface area contributed by atoms with Crippen molar-refractivity contribution in [3.8, 4) is 0 Å². The minimum absolute atomic E-state index is 0. The zero-order valence-electron chi connectivity index (χ0n) is 19.5. The van der Waals surface area contributed by atoms with Crippen molar-refractivity contribution in [3.05, 3.63) is 130 Å². The molecular weight excluding hydrogens is 535 g/mol. The maximum absolute atomic E-state index is 2.16. The van der Waals surface area contributed by atoms with Gasteiger partial charge in [-0.1, -0.05) is 121 Å². The average molecular weight is 561 g/mol. The topological polar surface area (TPSA) is 0 Å². The Morgan fingerprint density at radius 3 is 0.735 bits per heavy atom. The van der Waals surface area contributed by atoms with Gasteiger partial charge in [0, 0.05) is 0 Å². The van der Waals surface area contributed by atoms with Crippen molar-refractivity contribution in [2.45, 2.75) is 33.4 Å². The SMILES string of the molecule is C[C-](Sc1ccccc1)Sc1ccccc1.C[C-](Sc1ccccc1)Sc1ccccc1.[Cu+].[Li+]. The maximum atomic E-state index is 2.16. The number of rotatable bonds is 8. The fourth-order valence-corrected chi connectivity index (χ4v) is 6.65. The third-order valence-electron chi connectivity index (χ3n) is 4.02. The molecule has 34 heavy (non-hydrogen) atoms. The summed E-state index contributed by atoms with van der Waals surface area (Å²) >= 11 is 7.27. The van der Waals surface area contributed by atoms with Crippen molar-refractivity contribution >= 4 is 47.0 Å². The van der Waals surface area contributed by atoms with E-state index in [1.165, 1.54) is 28.7 Å². The second kappa shape index (κ2) is 18.6. The summed E-state index contributed by atoms with van der Waals surface area (Å²) in [5, 5.41) is 0. The van der Waals surface area contributed by atoms with Gasteiger partial charge in [0.2, 0.25) is 0 Å². The number of benzene rings is 4. The van der Waals surface area contributed by atoms with E-state index in [-0.39, 0.29) is 35.9 Å². The molecule has 0 saturated carbocycles. The third-order valence-corrected chi connectivity index (χ3v) is 8.20. The van der Waals surface area contributed by atoms with Crippen LogP contribution in [0.3, 0.4) is 0 Å². The van der Waals surface area contributed by atoms with Crippen LogP contribution in [0.5, 0.6) is 0 Å². The van der Waals surface area contributed by atoms with E-state index < -0.39 is 0 Å². The zero-order chi connectivity index (χ0) is 22.4. The molecule has 0 radical (unpaired) electrons. The van der Waals surface area contributed by atoms with E-state index in [0.29, 0.717) is 0 Å². The molecule has 0 aromatic heterocycles. The second-order valence-electron chi connectivity index (χ2n) is 6.64. The van der Waals surface area contributed by atoms with Gasteiger partial charge in [-0.25, -0.2) is 0 Å². The van der Waals surface area contributed by atoms with Crippen LogP contribution in [-0.4, -0.2) is 0 Å². The van der Waals surface area contributed by atoms with Gasteiger partial charge in [-0.3, -0.25) is 0 Å². The van der Waals surface area contributed by atoms with Crippen LogP contribution in [-0.2, 0) is 17.1 Å². The largest absolute Gasteiger partial charge is 1.00 e. The molecule has 4 aromatic carbocycles. The molecule has 4 rings (SSSR count). The van der Waals surface area contributed by atoms with Crippen molar-refractivity contribution < 1.29 is 35.9 Å². The summed E-state index contributed by atoms with van der Waals surface area (Å²) < 4.78 is 2.69. The predicted octanol–water partition coefficient (Wildman–Crippen LogP) is 7.16. The third kappa shape index (κ3) is 12.9. The summed E-state index contributed by atoms with van der Waals surface area (Å²) in [4.78, 5) is 5.18. The Balaban J connectivity index is 0.000000321. The fraction of sp³-hybridized carbons (Fsp3) is 0.0714. The molecule has 0 N–H and O–H groups in total. The molecule has 0 aliphatic rings. The Labute approximate surface area is 244 Å². The summed E-state index contributed by atoms with van der Waals surface area (Å²) in [7, 11) is 0. The first-order chi connectivity index (χ1) is 15.7. The molecule has 0 fully saturated rings. The Hall–Kier alpha value is -0.603. The van der Waals surface area contributed by atoms with Crippen molar-refractivity contribution in [1.29, 1.82) is 0 Å². The van der Waals surface area contributed by atoms with E-state index in [1.54, 1.807) is 0 Å². The smallest absolute Gasteiger partial charge is 0.302 e. The van der Waals surface area contributed by atoms with Crippen LogP contribution >= 0.6 is 47.0 Å². The van der Waals surface area contributed by atoms with Gasteiger partial charge < -0.3 is 47.0 Å². The Bertz CT molecular complexity index is 838. The first-order valence-electron chi connectivity index (χ1n) is 10.3. The molecule has 0 aliphatic carbocycles. The monoisotopic (exact) mass is 560 g/mol. The van der Waals surface area contributed by atoms with Crippen LogP contribution in [0.2, 0.25) is 0 Å². The molecular formula is C28H26CuLiS4. The van der Waals surface area contributed by atoms with E-state index in [4.69, 9.17) is 0 Å². The van der Waals surface area contributed by atoms with Crippen LogP contribution in [0, 0.1) is 9.16 Å². The molecule has 0 saturated heterocycles. The standard InChI is InChI=1S/2C14H13S2.Cu.Li/c2*1-12(15-13-8-4-2-5-9-13)16-14-10-6-3-7-11-14;;/h2*2-11H,1H3;;/q2*-1;2*+1. The van der Waals surface area contributed by atoms with Crippen molar-refractivity contribution in [2.75, 3.05) is 0 Å². The van der Waals surface area contributed by atoms with Gasteiger partial charge in [-0.15, -0.1) is 0 Å². The van der Waals surface area contributed by atoms with Crippen molar-refractivity contribution in [2.24, 2.45) is 0 Å². The Kier molecular flexibility index (Phi) is 17.2. The van der Waals surface area contributed by atoms with Crippen molar-refractivity contribution in [1.82, 2.24) is 0 Å². The quantitative estimate of drug-likeness (QED) is 0.127. The van der Waals surface area contributed by atoms with E-state index in [9.17, 15) is 0 Å². The number of hydrogen-bond acceptors (Lipinski definition) is 4. The molecule has 4 aromatic rings. The summed E-state index contributed by atoms with van der Waals surface area (Å²) in [5.41, 5.74) is 0. The maximum Gasteiger partial charge on any atom is 1.00 e. The fourth-order valence-electron chi connectivity index (χ4n) is 2.66. The Morgan fingerprint density at radius 1 is 0.382 bits per heavy atom. The molecule has 174 valence electrons. The van der Waals surface area contributed by atoms with Crippen LogP contribution in [0.4, 0.5) is 0 Å². The summed E-state index contributed by atoms with van der Waals surface area (Å²) in [6, 6.07) is 41.9. The normalized spacial score (nSPS) is 10.0. The van der Waals surface area contributed by atoms with Gasteiger partial charge >= 0.3 is 35.9 Å². The van der Waals surface area contributed by atoms with E-state index in [2.05, 4.69) is 111 Å². The van der Waals surface area contributed by atoms with Crippen LogP contribution < -0.4 is 18.9 Å². The number of thioether (sulfide) groups is 4. The molecule has 0 spiro atoms. The molecule has 0 atom stereocenters. The minimum Gasteiger partial charge on any atom is -0.302 e. The Morgan fingerprint density at radius 2 is 0.559 bits per heavy atom. The van der Waals surface area contributed by atoms with Gasteiger partial charge in [-0.2, -0.15) is 23.0 Å². The van der Waals surface area contributed by atoms with Crippen molar-refractivity contribution in [3.63, 3.8) is 0 Å². The van der Waals surface area contributed by atoms with E-state index in [0.717, 1.165) is 0 Å². The molecule has 0 bridgehead atoms. The average Bonchev–Trinajstić information content (AvgIpc) is 2.82. The van der Waals surface area contributed by atoms with Gasteiger partial charge in [0.25, 0.3) is 0 Å². The molecule has 6 heteroatoms. The summed E-state index contributed by atoms with van der Waals surface area (Å²) in [6.45, 7) is 4.32. The minimum atomic E-state index is 0. The van der Waals surface area contributed by atoms with Crippen LogP contribution in [0.25, 0.3) is 0 Å². The molecule has 0 unspecified atom stereocenters. The van der Waals surface area contributed by atoms with Crippen LogP contribution in [0.15, 0.2) is 141 Å². The number of hydrogen-bond donors (Lipinski definition) is 0. The molecule has 0 aliphatic heterocycles. The molecule has 0 nitrogen and oxygen atoms in total. The summed E-state index contributed by atoms with van der Waals surface area (Å²) in [6.07, 6.45) is 0. The van der Waals surface area contributed by atoms with Gasteiger partial charge in [0.05, 0.1) is 0 Å². The van der Waals surface area contributed by atoms with Crippen LogP contribution in [0.1, 0.15) is 13.8 Å². The van der Waals surface area contributed by atoms with E-state index >= 15 is 0 Å². The summed E-state index contributed by atoms with van der Waals surface area (Å²) in [5.74, 6) is 0. The first kappa shape index (κ1) is 31.4. The van der Waals surface area contributed by atoms with Gasteiger partial charge in [-0.05, 0) is 19.6 Å².